The van der Waals surface area contributed by atoms with Crippen molar-refractivity contribution >= 4 is 17.2 Å². The highest BCUT2D eigenvalue weighted by atomic mass is 16.5. The molecule has 2 rings (SSSR count). The Hall–Kier alpha value is -1.58. The second kappa shape index (κ2) is 1.70. The zero-order valence-electron chi connectivity index (χ0n) is 5.09. The van der Waals surface area contributed by atoms with Crippen LogP contribution in [0.3, 0.4) is 0 Å². The van der Waals surface area contributed by atoms with Crippen molar-refractivity contribution in [2.45, 2.75) is 0 Å². The van der Waals surface area contributed by atoms with E-state index in [0.717, 1.165) is 11.6 Å². The minimum Gasteiger partial charge on any atom is -0.352 e. The lowest BCUT2D eigenvalue weighted by Crippen LogP contribution is -1.69. The normalized spacial score (nSPS) is 10.4. The van der Waals surface area contributed by atoms with Crippen molar-refractivity contribution in [2.24, 2.45) is 0 Å². The molecule has 4 heteroatoms. The molecule has 2 aromatic rings. The molecule has 0 aliphatic rings. The Morgan fingerprint density at radius 3 is 3.40 bits per heavy atom. The van der Waals surface area contributed by atoms with E-state index in [1.54, 1.807) is 6.20 Å². The van der Waals surface area contributed by atoms with E-state index in [2.05, 4.69) is 10.1 Å². The van der Waals surface area contributed by atoms with Crippen molar-refractivity contribution in [3.8, 4) is 0 Å². The van der Waals surface area contributed by atoms with Crippen LogP contribution in [0.2, 0.25) is 0 Å². The molecule has 0 bridgehead atoms. The van der Waals surface area contributed by atoms with Crippen molar-refractivity contribution in [1.29, 1.82) is 5.41 Å². The molecule has 0 spiro atoms. The number of aromatic nitrogens is 2. The zero-order chi connectivity index (χ0) is 6.97. The maximum absolute atomic E-state index is 6.91. The van der Waals surface area contributed by atoms with Crippen LogP contribution in [0.4, 0.5) is 0 Å². The molecule has 2 aromatic heterocycles. The Kier molecular flexibility index (Phi) is 0.887. The van der Waals surface area contributed by atoms with Crippen molar-refractivity contribution in [2.75, 3.05) is 0 Å². The first-order valence-electron chi connectivity index (χ1n) is 2.85. The third-order valence-electron chi connectivity index (χ3n) is 1.36. The number of nitrogens with one attached hydrogen (secondary N) is 2. The number of aromatic amines is 1. The van der Waals surface area contributed by atoms with E-state index in [1.165, 1.54) is 0 Å². The van der Waals surface area contributed by atoms with Gasteiger partial charge in [0, 0.05) is 6.20 Å². The lowest BCUT2D eigenvalue weighted by atomic mass is 10.3. The van der Waals surface area contributed by atoms with Gasteiger partial charge in [-0.05, 0) is 6.07 Å². The summed E-state index contributed by atoms with van der Waals surface area (Å²) in [5, 5.41) is 11.4. The van der Waals surface area contributed by atoms with Gasteiger partial charge in [0.15, 0.2) is 11.4 Å². The first-order valence-corrected chi connectivity index (χ1v) is 2.85. The molecule has 2 heterocycles. The van der Waals surface area contributed by atoms with E-state index in [-0.39, 0.29) is 0 Å². The molecular weight excluding hydrogens is 130 g/mol. The van der Waals surface area contributed by atoms with Crippen LogP contribution in [-0.4, -0.2) is 16.4 Å². The molecule has 10 heavy (non-hydrogen) atoms. The summed E-state index contributed by atoms with van der Waals surface area (Å²) >= 11 is 0. The molecular formula is C6H5N3O. The molecule has 0 fully saturated rings. The van der Waals surface area contributed by atoms with Gasteiger partial charge in [0.2, 0.25) is 0 Å². The molecule has 0 aliphatic heterocycles. The van der Waals surface area contributed by atoms with Crippen LogP contribution >= 0.6 is 0 Å². The number of fused-ring (bicyclic) bond motifs is 1. The topological polar surface area (TPSA) is 65.7 Å². The van der Waals surface area contributed by atoms with Gasteiger partial charge in [-0.15, -0.1) is 0 Å². The quantitative estimate of drug-likeness (QED) is 0.576. The lowest BCUT2D eigenvalue weighted by Gasteiger charge is -1.73. The van der Waals surface area contributed by atoms with Crippen molar-refractivity contribution in [1.82, 2.24) is 10.1 Å². The second-order valence-corrected chi connectivity index (χ2v) is 1.93. The smallest absolute Gasteiger partial charge is 0.186 e. The Bertz CT molecular complexity index is 360. The number of H-pyrrole nitrogens is 1. The van der Waals surface area contributed by atoms with Gasteiger partial charge < -0.3 is 14.9 Å². The second-order valence-electron chi connectivity index (χ2n) is 1.93. The van der Waals surface area contributed by atoms with Crippen molar-refractivity contribution in [3.63, 3.8) is 0 Å². The molecule has 50 valence electrons. The fraction of sp³-hybridized carbons (Fsp3) is 0. The summed E-state index contributed by atoms with van der Waals surface area (Å²) in [6.07, 6.45) is 2.91. The van der Waals surface area contributed by atoms with E-state index in [0.29, 0.717) is 11.4 Å². The van der Waals surface area contributed by atoms with Crippen LogP contribution in [0.5, 0.6) is 0 Å². The number of nitrogens with zero attached hydrogens (tertiary/aromatic N) is 1. The van der Waals surface area contributed by atoms with Gasteiger partial charge in [-0.25, -0.2) is 0 Å². The average Bonchev–Trinajstić information content (AvgIpc) is 2.44. The fourth-order valence-corrected chi connectivity index (χ4v) is 0.883. The van der Waals surface area contributed by atoms with E-state index in [1.807, 2.05) is 6.07 Å². The molecule has 0 unspecified atom stereocenters. The predicted molar refractivity (Wildman–Crippen MR) is 36.2 cm³/mol. The molecule has 4 nitrogen and oxygen atoms in total. The largest absolute Gasteiger partial charge is 0.352 e. The third-order valence-corrected chi connectivity index (χ3v) is 1.36. The van der Waals surface area contributed by atoms with Crippen LogP contribution < -0.4 is 0 Å². The van der Waals surface area contributed by atoms with E-state index in [4.69, 9.17) is 9.93 Å². The van der Waals surface area contributed by atoms with E-state index < -0.39 is 0 Å². The Morgan fingerprint density at radius 2 is 2.60 bits per heavy atom. The lowest BCUT2D eigenvalue weighted by molar-refractivity contribution is 0.421. The van der Waals surface area contributed by atoms with Gasteiger partial charge in [0.05, 0.1) is 11.6 Å². The van der Waals surface area contributed by atoms with Crippen LogP contribution in [0, 0.1) is 5.41 Å². The highest BCUT2D eigenvalue weighted by molar-refractivity contribution is 5.93. The SMILES string of the molecule is N=Cc1onc2[nH]ccc12. The van der Waals surface area contributed by atoms with Gasteiger partial charge in [-0.1, -0.05) is 5.16 Å². The Morgan fingerprint density at radius 1 is 1.70 bits per heavy atom. The Balaban J connectivity index is 2.88. The number of hydrogen-bond acceptors (Lipinski definition) is 3. The molecule has 0 amide bonds. The van der Waals surface area contributed by atoms with Crippen molar-refractivity contribution < 1.29 is 4.52 Å². The van der Waals surface area contributed by atoms with Gasteiger partial charge in [0.1, 0.15) is 0 Å². The molecule has 2 N–H and O–H groups in total. The third kappa shape index (κ3) is 0.500. The van der Waals surface area contributed by atoms with Gasteiger partial charge in [-0.2, -0.15) is 0 Å². The maximum atomic E-state index is 6.91. The molecule has 0 aromatic carbocycles. The maximum Gasteiger partial charge on any atom is 0.186 e. The highest BCUT2D eigenvalue weighted by Crippen LogP contribution is 2.13. The minimum atomic E-state index is 0.497. The standard InChI is InChI=1S/C6H5N3O/c7-3-5-4-1-2-8-6(4)9-10-5/h1-3,7H,(H,8,9). The van der Waals surface area contributed by atoms with Crippen LogP contribution in [0.15, 0.2) is 16.8 Å². The van der Waals surface area contributed by atoms with Gasteiger partial charge in [0.25, 0.3) is 0 Å². The summed E-state index contributed by atoms with van der Waals surface area (Å²) < 4.78 is 4.78. The summed E-state index contributed by atoms with van der Waals surface area (Å²) in [5.74, 6) is 0.497. The molecule has 0 saturated carbocycles. The average molecular weight is 135 g/mol. The number of rotatable bonds is 1. The number of hydrogen-bond donors (Lipinski definition) is 2. The summed E-state index contributed by atoms with van der Waals surface area (Å²) in [6.45, 7) is 0. The summed E-state index contributed by atoms with van der Waals surface area (Å²) in [5.41, 5.74) is 0.693. The fourth-order valence-electron chi connectivity index (χ4n) is 0.883. The summed E-state index contributed by atoms with van der Waals surface area (Å²) in [7, 11) is 0. The first kappa shape index (κ1) is 5.22. The molecule has 0 radical (unpaired) electrons. The zero-order valence-corrected chi connectivity index (χ0v) is 5.09. The molecule has 0 aliphatic carbocycles. The van der Waals surface area contributed by atoms with Gasteiger partial charge in [-0.3, -0.25) is 0 Å². The summed E-state index contributed by atoms with van der Waals surface area (Å²) in [6, 6.07) is 1.83. The summed E-state index contributed by atoms with van der Waals surface area (Å²) in [4.78, 5) is 2.87. The van der Waals surface area contributed by atoms with Crippen LogP contribution in [0.25, 0.3) is 11.0 Å². The predicted octanol–water partition coefficient (Wildman–Crippen LogP) is 1.15. The molecule has 0 saturated heterocycles. The van der Waals surface area contributed by atoms with Crippen LogP contribution in [0.1, 0.15) is 5.76 Å². The van der Waals surface area contributed by atoms with Crippen molar-refractivity contribution in [3.05, 3.63) is 18.0 Å². The van der Waals surface area contributed by atoms with E-state index >= 15 is 0 Å². The van der Waals surface area contributed by atoms with Crippen LogP contribution in [-0.2, 0) is 0 Å². The van der Waals surface area contributed by atoms with Gasteiger partial charge >= 0.3 is 0 Å². The van der Waals surface area contributed by atoms with E-state index in [9.17, 15) is 0 Å². The molecule has 0 atom stereocenters. The Labute approximate surface area is 56.3 Å². The first-order chi connectivity index (χ1) is 4.92. The highest BCUT2D eigenvalue weighted by Gasteiger charge is 2.04. The minimum absolute atomic E-state index is 0.497. The monoisotopic (exact) mass is 135 g/mol.